The molecular weight excluding hydrogens is 336 g/mol. The molecule has 2 heterocycles. The molecule has 5 heteroatoms. The van der Waals surface area contributed by atoms with Crippen LogP contribution in [0, 0.1) is 0 Å². The number of likely N-dealkylation sites (tertiary alicyclic amines) is 1. The summed E-state index contributed by atoms with van der Waals surface area (Å²) in [6.07, 6.45) is 4.46. The van der Waals surface area contributed by atoms with Crippen LogP contribution in [0.25, 0.3) is 11.4 Å². The molecule has 2 aromatic carbocycles. The first kappa shape index (κ1) is 17.2. The van der Waals surface area contributed by atoms with Crippen LogP contribution in [0.3, 0.4) is 0 Å². The van der Waals surface area contributed by atoms with Gasteiger partial charge in [-0.25, -0.2) is 9.97 Å². The molecule has 1 N–H and O–H groups in total. The molecule has 0 aliphatic carbocycles. The Morgan fingerprint density at radius 2 is 1.70 bits per heavy atom. The standard InChI is InChI=1S/C22H22N4O/c27-21(26-14-4-5-15-26)16-17-8-10-19(11-9-17)24-20-12-13-23-22(25-20)18-6-2-1-3-7-18/h1-3,6-13H,4-5,14-16H2,(H,23,24,25). The van der Waals surface area contributed by atoms with Crippen LogP contribution in [0.4, 0.5) is 11.5 Å². The summed E-state index contributed by atoms with van der Waals surface area (Å²) >= 11 is 0. The fraction of sp³-hybridized carbons (Fsp3) is 0.227. The second-order valence-corrected chi connectivity index (χ2v) is 6.72. The molecule has 5 nitrogen and oxygen atoms in total. The first-order valence-corrected chi connectivity index (χ1v) is 9.30. The Balaban J connectivity index is 1.42. The molecule has 1 saturated heterocycles. The van der Waals surface area contributed by atoms with E-state index in [1.54, 1.807) is 6.20 Å². The first-order chi connectivity index (χ1) is 13.3. The van der Waals surface area contributed by atoms with Gasteiger partial charge in [0.05, 0.1) is 6.42 Å². The Kier molecular flexibility index (Phi) is 5.10. The van der Waals surface area contributed by atoms with Crippen molar-refractivity contribution in [3.63, 3.8) is 0 Å². The molecule has 0 saturated carbocycles. The highest BCUT2D eigenvalue weighted by Gasteiger charge is 2.17. The van der Waals surface area contributed by atoms with Gasteiger partial charge < -0.3 is 10.2 Å². The number of anilines is 2. The van der Waals surface area contributed by atoms with E-state index in [1.165, 1.54) is 0 Å². The lowest BCUT2D eigenvalue weighted by molar-refractivity contribution is -0.129. The highest BCUT2D eigenvalue weighted by Crippen LogP contribution is 2.20. The minimum atomic E-state index is 0.219. The van der Waals surface area contributed by atoms with Crippen LogP contribution in [-0.2, 0) is 11.2 Å². The van der Waals surface area contributed by atoms with E-state index in [-0.39, 0.29) is 5.91 Å². The van der Waals surface area contributed by atoms with Crippen molar-refractivity contribution < 1.29 is 4.79 Å². The number of nitrogens with one attached hydrogen (secondary N) is 1. The molecule has 0 spiro atoms. The summed E-state index contributed by atoms with van der Waals surface area (Å²) in [5.41, 5.74) is 2.95. The van der Waals surface area contributed by atoms with Crippen LogP contribution in [0.2, 0.25) is 0 Å². The van der Waals surface area contributed by atoms with Gasteiger partial charge in [0.25, 0.3) is 0 Å². The molecule has 27 heavy (non-hydrogen) atoms. The van der Waals surface area contributed by atoms with Crippen LogP contribution in [-0.4, -0.2) is 33.9 Å². The maximum atomic E-state index is 12.3. The molecule has 1 aliphatic rings. The van der Waals surface area contributed by atoms with Gasteiger partial charge >= 0.3 is 0 Å². The van der Waals surface area contributed by atoms with Crippen LogP contribution in [0.5, 0.6) is 0 Å². The highest BCUT2D eigenvalue weighted by molar-refractivity contribution is 5.79. The van der Waals surface area contributed by atoms with Crippen molar-refractivity contribution in [3.8, 4) is 11.4 Å². The summed E-state index contributed by atoms with van der Waals surface area (Å²) in [6, 6.07) is 19.7. The smallest absolute Gasteiger partial charge is 0.226 e. The summed E-state index contributed by atoms with van der Waals surface area (Å²) in [4.78, 5) is 23.1. The molecule has 0 radical (unpaired) electrons. The van der Waals surface area contributed by atoms with Crippen molar-refractivity contribution in [3.05, 3.63) is 72.4 Å². The predicted octanol–water partition coefficient (Wildman–Crippen LogP) is 4.05. The quantitative estimate of drug-likeness (QED) is 0.747. The van der Waals surface area contributed by atoms with Gasteiger partial charge in [-0.1, -0.05) is 42.5 Å². The third-order valence-corrected chi connectivity index (χ3v) is 4.73. The van der Waals surface area contributed by atoms with Crippen LogP contribution < -0.4 is 5.32 Å². The molecule has 136 valence electrons. The molecule has 0 unspecified atom stereocenters. The van der Waals surface area contributed by atoms with Crippen molar-refractivity contribution in [2.45, 2.75) is 19.3 Å². The van der Waals surface area contributed by atoms with Crippen LogP contribution in [0.15, 0.2) is 66.9 Å². The molecule has 1 aromatic heterocycles. The number of hydrogen-bond donors (Lipinski definition) is 1. The second-order valence-electron chi connectivity index (χ2n) is 6.72. The minimum Gasteiger partial charge on any atom is -0.342 e. The first-order valence-electron chi connectivity index (χ1n) is 9.30. The Labute approximate surface area is 159 Å². The van der Waals surface area contributed by atoms with Gasteiger partial charge in [-0.2, -0.15) is 0 Å². The van der Waals surface area contributed by atoms with Crippen LogP contribution >= 0.6 is 0 Å². The van der Waals surface area contributed by atoms with E-state index in [0.29, 0.717) is 12.2 Å². The molecule has 0 bridgehead atoms. The van der Waals surface area contributed by atoms with E-state index < -0.39 is 0 Å². The number of benzene rings is 2. The molecule has 1 amide bonds. The number of carbonyl (C=O) groups is 1. The lowest BCUT2D eigenvalue weighted by Gasteiger charge is -2.15. The summed E-state index contributed by atoms with van der Waals surface area (Å²) in [5.74, 6) is 1.65. The number of aromatic nitrogens is 2. The third-order valence-electron chi connectivity index (χ3n) is 4.73. The average Bonchev–Trinajstić information content (AvgIpc) is 3.25. The van der Waals surface area contributed by atoms with Crippen molar-refractivity contribution in [1.82, 2.24) is 14.9 Å². The van der Waals surface area contributed by atoms with Gasteiger partial charge in [-0.15, -0.1) is 0 Å². The second kappa shape index (κ2) is 7.99. The highest BCUT2D eigenvalue weighted by atomic mass is 16.2. The van der Waals surface area contributed by atoms with Crippen molar-refractivity contribution in [1.29, 1.82) is 0 Å². The van der Waals surface area contributed by atoms with Gasteiger partial charge in [-0.05, 0) is 36.6 Å². The number of amides is 1. The summed E-state index contributed by atoms with van der Waals surface area (Å²) in [6.45, 7) is 1.80. The van der Waals surface area contributed by atoms with E-state index in [4.69, 9.17) is 0 Å². The monoisotopic (exact) mass is 358 g/mol. The molecule has 0 atom stereocenters. The van der Waals surface area contributed by atoms with Gasteiger partial charge in [0, 0.05) is 30.5 Å². The fourth-order valence-electron chi connectivity index (χ4n) is 3.26. The van der Waals surface area contributed by atoms with E-state index in [1.807, 2.05) is 65.6 Å². The largest absolute Gasteiger partial charge is 0.342 e. The van der Waals surface area contributed by atoms with E-state index in [2.05, 4.69) is 15.3 Å². The predicted molar refractivity (Wildman–Crippen MR) is 107 cm³/mol. The Bertz CT molecular complexity index is 903. The topological polar surface area (TPSA) is 58.1 Å². The van der Waals surface area contributed by atoms with E-state index in [9.17, 15) is 4.79 Å². The maximum Gasteiger partial charge on any atom is 0.226 e. The van der Waals surface area contributed by atoms with Gasteiger partial charge in [-0.3, -0.25) is 4.79 Å². The minimum absolute atomic E-state index is 0.219. The zero-order chi connectivity index (χ0) is 18.5. The SMILES string of the molecule is O=C(Cc1ccc(Nc2ccnc(-c3ccccc3)n2)cc1)N1CCCC1. The average molecular weight is 358 g/mol. The fourth-order valence-corrected chi connectivity index (χ4v) is 3.26. The molecule has 3 aromatic rings. The molecule has 4 rings (SSSR count). The van der Waals surface area contributed by atoms with Crippen molar-refractivity contribution in [2.24, 2.45) is 0 Å². The summed E-state index contributed by atoms with van der Waals surface area (Å²) in [7, 11) is 0. The lowest BCUT2D eigenvalue weighted by atomic mass is 10.1. The number of nitrogens with zero attached hydrogens (tertiary/aromatic N) is 3. The Morgan fingerprint density at radius 3 is 2.44 bits per heavy atom. The Morgan fingerprint density at radius 1 is 0.963 bits per heavy atom. The molecule has 1 fully saturated rings. The van der Waals surface area contributed by atoms with Gasteiger partial charge in [0.1, 0.15) is 5.82 Å². The summed E-state index contributed by atoms with van der Waals surface area (Å²) < 4.78 is 0. The van der Waals surface area contributed by atoms with Crippen LogP contribution in [0.1, 0.15) is 18.4 Å². The zero-order valence-corrected chi connectivity index (χ0v) is 15.1. The zero-order valence-electron chi connectivity index (χ0n) is 15.1. The van der Waals surface area contributed by atoms with Gasteiger partial charge in [0.15, 0.2) is 5.82 Å². The third kappa shape index (κ3) is 4.31. The van der Waals surface area contributed by atoms with E-state index >= 15 is 0 Å². The van der Waals surface area contributed by atoms with Crippen molar-refractivity contribution in [2.75, 3.05) is 18.4 Å². The molecule has 1 aliphatic heterocycles. The maximum absolute atomic E-state index is 12.3. The normalized spacial score (nSPS) is 13.6. The van der Waals surface area contributed by atoms with Gasteiger partial charge in [0.2, 0.25) is 5.91 Å². The van der Waals surface area contributed by atoms with Crippen molar-refractivity contribution >= 4 is 17.4 Å². The number of rotatable bonds is 5. The number of carbonyl (C=O) groups excluding carboxylic acids is 1. The summed E-state index contributed by atoms with van der Waals surface area (Å²) in [5, 5.41) is 3.30. The van der Waals surface area contributed by atoms with E-state index in [0.717, 1.165) is 48.6 Å². The Hall–Kier alpha value is -3.21. The molecular formula is C22H22N4O. The number of hydrogen-bond acceptors (Lipinski definition) is 4. The lowest BCUT2D eigenvalue weighted by Crippen LogP contribution is -2.29.